The van der Waals surface area contributed by atoms with Crippen molar-refractivity contribution in [3.05, 3.63) is 70.1 Å². The molecule has 0 unspecified atom stereocenters. The first kappa shape index (κ1) is 19.3. The fourth-order valence-electron chi connectivity index (χ4n) is 2.65. The maximum absolute atomic E-state index is 12.8. The second kappa shape index (κ2) is 8.50. The van der Waals surface area contributed by atoms with E-state index in [-0.39, 0.29) is 11.9 Å². The van der Waals surface area contributed by atoms with E-state index in [1.54, 1.807) is 31.2 Å². The fourth-order valence-corrected chi connectivity index (χ4v) is 3.95. The quantitative estimate of drug-likeness (QED) is 0.411. The van der Waals surface area contributed by atoms with Gasteiger partial charge in [0.05, 0.1) is 22.8 Å². The molecule has 1 saturated heterocycles. The van der Waals surface area contributed by atoms with Crippen molar-refractivity contribution in [3.8, 4) is 0 Å². The molecule has 0 aliphatic carbocycles. The van der Waals surface area contributed by atoms with Gasteiger partial charge < -0.3 is 4.74 Å². The molecule has 138 valence electrons. The Morgan fingerprint density at radius 2 is 1.78 bits per heavy atom. The van der Waals surface area contributed by atoms with Crippen molar-refractivity contribution in [2.24, 2.45) is 0 Å². The highest BCUT2D eigenvalue weighted by molar-refractivity contribution is 8.27. The third-order valence-electron chi connectivity index (χ3n) is 4.12. The Kier molecular flexibility index (Phi) is 6.08. The molecular formula is C21H19NO3S2. The number of carbonyl (C=O) groups excluding carboxylic acids is 2. The molecule has 0 radical (unpaired) electrons. The van der Waals surface area contributed by atoms with E-state index in [1.165, 1.54) is 22.2 Å². The molecule has 1 aliphatic heterocycles. The van der Waals surface area contributed by atoms with Gasteiger partial charge in [-0.3, -0.25) is 9.69 Å². The predicted octanol–water partition coefficient (Wildman–Crippen LogP) is 4.83. The van der Waals surface area contributed by atoms with E-state index in [2.05, 4.69) is 19.1 Å². The molecule has 2 aromatic rings. The largest absolute Gasteiger partial charge is 0.462 e. The monoisotopic (exact) mass is 397 g/mol. The van der Waals surface area contributed by atoms with Gasteiger partial charge in [-0.2, -0.15) is 0 Å². The molecule has 1 heterocycles. The fraction of sp³-hybridized carbons (Fsp3) is 0.190. The summed E-state index contributed by atoms with van der Waals surface area (Å²) in [6, 6.07) is 14.8. The Labute approximate surface area is 168 Å². The lowest BCUT2D eigenvalue weighted by Gasteiger charge is -2.14. The molecule has 1 amide bonds. The number of esters is 1. The van der Waals surface area contributed by atoms with Crippen molar-refractivity contribution in [1.29, 1.82) is 0 Å². The Hall–Kier alpha value is -2.44. The number of hydrogen-bond donors (Lipinski definition) is 0. The third-order valence-corrected chi connectivity index (χ3v) is 5.42. The van der Waals surface area contributed by atoms with Crippen molar-refractivity contribution in [3.63, 3.8) is 0 Å². The smallest absolute Gasteiger partial charge is 0.338 e. The van der Waals surface area contributed by atoms with Crippen molar-refractivity contribution in [2.75, 3.05) is 11.5 Å². The van der Waals surface area contributed by atoms with Gasteiger partial charge in [-0.05, 0) is 54.8 Å². The van der Waals surface area contributed by atoms with Gasteiger partial charge in [-0.25, -0.2) is 4.79 Å². The average Bonchev–Trinajstić information content (AvgIpc) is 2.96. The molecule has 0 N–H and O–H groups in total. The van der Waals surface area contributed by atoms with E-state index in [4.69, 9.17) is 17.0 Å². The van der Waals surface area contributed by atoms with Crippen LogP contribution in [0.3, 0.4) is 0 Å². The minimum Gasteiger partial charge on any atom is -0.462 e. The van der Waals surface area contributed by atoms with Gasteiger partial charge >= 0.3 is 5.97 Å². The van der Waals surface area contributed by atoms with Gasteiger partial charge in [0.1, 0.15) is 0 Å². The number of nitrogens with zero attached hydrogens (tertiary/aromatic N) is 1. The minimum absolute atomic E-state index is 0.159. The highest BCUT2D eigenvalue weighted by atomic mass is 32.2. The summed E-state index contributed by atoms with van der Waals surface area (Å²) in [5.41, 5.74) is 3.29. The van der Waals surface area contributed by atoms with Crippen LogP contribution in [0.25, 0.3) is 6.08 Å². The van der Waals surface area contributed by atoms with Crippen molar-refractivity contribution < 1.29 is 14.3 Å². The summed E-state index contributed by atoms with van der Waals surface area (Å²) >= 11 is 6.67. The molecule has 27 heavy (non-hydrogen) atoms. The number of carbonyl (C=O) groups is 2. The molecule has 0 atom stereocenters. The zero-order chi connectivity index (χ0) is 19.4. The molecule has 1 aliphatic rings. The van der Waals surface area contributed by atoms with Crippen LogP contribution in [0.5, 0.6) is 0 Å². The average molecular weight is 398 g/mol. The summed E-state index contributed by atoms with van der Waals surface area (Å²) in [5.74, 6) is -0.543. The van der Waals surface area contributed by atoms with Gasteiger partial charge in [-0.1, -0.05) is 55.2 Å². The normalized spacial score (nSPS) is 15.5. The Bertz CT molecular complexity index is 902. The number of benzene rings is 2. The first-order valence-electron chi connectivity index (χ1n) is 8.67. The summed E-state index contributed by atoms with van der Waals surface area (Å²) in [6.07, 6.45) is 2.83. The van der Waals surface area contributed by atoms with Crippen LogP contribution in [-0.2, 0) is 16.0 Å². The maximum atomic E-state index is 12.8. The van der Waals surface area contributed by atoms with Crippen molar-refractivity contribution in [1.82, 2.24) is 0 Å². The van der Waals surface area contributed by atoms with Gasteiger partial charge in [-0.15, -0.1) is 0 Å². The van der Waals surface area contributed by atoms with Crippen LogP contribution in [-0.4, -0.2) is 22.8 Å². The number of rotatable bonds is 5. The molecular weight excluding hydrogens is 378 g/mol. The zero-order valence-electron chi connectivity index (χ0n) is 15.1. The molecule has 3 rings (SSSR count). The predicted molar refractivity (Wildman–Crippen MR) is 114 cm³/mol. The molecule has 2 aromatic carbocycles. The van der Waals surface area contributed by atoms with E-state index in [1.807, 2.05) is 18.2 Å². The van der Waals surface area contributed by atoms with E-state index in [9.17, 15) is 9.59 Å². The van der Waals surface area contributed by atoms with E-state index >= 15 is 0 Å². The molecule has 4 nitrogen and oxygen atoms in total. The maximum Gasteiger partial charge on any atom is 0.338 e. The van der Waals surface area contributed by atoms with Crippen LogP contribution in [0.15, 0.2) is 53.4 Å². The molecule has 0 saturated carbocycles. The number of thiocarbonyl (C=S) groups is 1. The summed E-state index contributed by atoms with van der Waals surface area (Å²) in [4.78, 5) is 26.7. The molecule has 0 bridgehead atoms. The number of anilines is 1. The molecule has 6 heteroatoms. The van der Waals surface area contributed by atoms with Crippen LogP contribution in [0.2, 0.25) is 0 Å². The van der Waals surface area contributed by atoms with Crippen LogP contribution >= 0.6 is 24.0 Å². The van der Waals surface area contributed by atoms with E-state index in [0.717, 1.165) is 12.0 Å². The number of aryl methyl sites for hydroxylation is 1. The third kappa shape index (κ3) is 4.28. The highest BCUT2D eigenvalue weighted by Crippen LogP contribution is 2.36. The number of ether oxygens (including phenoxy) is 1. The second-order valence-corrected chi connectivity index (χ2v) is 7.56. The lowest BCUT2D eigenvalue weighted by molar-refractivity contribution is -0.113. The van der Waals surface area contributed by atoms with Gasteiger partial charge in [0, 0.05) is 0 Å². The van der Waals surface area contributed by atoms with Crippen LogP contribution in [0.1, 0.15) is 35.3 Å². The number of hydrogen-bond acceptors (Lipinski definition) is 5. The van der Waals surface area contributed by atoms with Crippen LogP contribution < -0.4 is 4.90 Å². The van der Waals surface area contributed by atoms with Gasteiger partial charge in [0.25, 0.3) is 5.91 Å². The summed E-state index contributed by atoms with van der Waals surface area (Å²) < 4.78 is 5.45. The summed E-state index contributed by atoms with van der Waals surface area (Å²) in [5, 5.41) is 0. The van der Waals surface area contributed by atoms with Crippen LogP contribution in [0, 0.1) is 0 Å². The molecule has 0 aromatic heterocycles. The van der Waals surface area contributed by atoms with E-state index < -0.39 is 0 Å². The van der Waals surface area contributed by atoms with Gasteiger partial charge in [0.2, 0.25) is 0 Å². The molecule has 1 fully saturated rings. The van der Waals surface area contributed by atoms with Gasteiger partial charge in [0.15, 0.2) is 4.32 Å². The second-order valence-electron chi connectivity index (χ2n) is 5.88. The SMILES string of the molecule is CCOC(=O)c1ccc(N2C(=O)/C(=C\c3ccc(CC)cc3)SC2=S)cc1. The Morgan fingerprint density at radius 1 is 1.11 bits per heavy atom. The lowest BCUT2D eigenvalue weighted by atomic mass is 10.1. The number of amides is 1. The highest BCUT2D eigenvalue weighted by Gasteiger charge is 2.33. The standard InChI is InChI=1S/C21H19NO3S2/c1-3-14-5-7-15(8-6-14)13-18-19(23)22(21(26)27-18)17-11-9-16(10-12-17)20(24)25-4-2/h5-13H,3-4H2,1-2H3/b18-13+. The van der Waals surface area contributed by atoms with Crippen molar-refractivity contribution >= 4 is 51.9 Å². The summed E-state index contributed by atoms with van der Waals surface area (Å²) in [7, 11) is 0. The lowest BCUT2D eigenvalue weighted by Crippen LogP contribution is -2.27. The topological polar surface area (TPSA) is 46.6 Å². The minimum atomic E-state index is -0.384. The van der Waals surface area contributed by atoms with Crippen molar-refractivity contribution in [2.45, 2.75) is 20.3 Å². The first-order valence-corrected chi connectivity index (χ1v) is 9.90. The zero-order valence-corrected chi connectivity index (χ0v) is 16.7. The Balaban J connectivity index is 1.81. The number of thioether (sulfide) groups is 1. The van der Waals surface area contributed by atoms with Crippen LogP contribution in [0.4, 0.5) is 5.69 Å². The Morgan fingerprint density at radius 3 is 2.37 bits per heavy atom. The first-order chi connectivity index (χ1) is 13.0. The summed E-state index contributed by atoms with van der Waals surface area (Å²) in [6.45, 7) is 4.18. The van der Waals surface area contributed by atoms with E-state index in [0.29, 0.717) is 27.1 Å². The molecule has 0 spiro atoms.